The summed E-state index contributed by atoms with van der Waals surface area (Å²) in [6.07, 6.45) is 0.870. The predicted molar refractivity (Wildman–Crippen MR) is 114 cm³/mol. The maximum absolute atomic E-state index is 11.0. The second kappa shape index (κ2) is 10.00. The summed E-state index contributed by atoms with van der Waals surface area (Å²) in [6.45, 7) is 4.37. The molecule has 9 heteroatoms. The van der Waals surface area contributed by atoms with Gasteiger partial charge in [0.25, 0.3) is 0 Å². The molecule has 3 N–H and O–H groups in total. The Hall–Kier alpha value is -3.23. The van der Waals surface area contributed by atoms with Gasteiger partial charge >= 0.3 is 6.09 Å². The van der Waals surface area contributed by atoms with E-state index in [-0.39, 0.29) is 0 Å². The summed E-state index contributed by atoms with van der Waals surface area (Å²) in [5.74, 6) is 3.20. The largest absolute Gasteiger partial charge is 0.497 e. The second-order valence-electron chi connectivity index (χ2n) is 7.34. The summed E-state index contributed by atoms with van der Waals surface area (Å²) in [4.78, 5) is 21.5. The van der Waals surface area contributed by atoms with E-state index in [1.807, 2.05) is 31.2 Å². The number of amides is 1. The third-order valence-corrected chi connectivity index (χ3v) is 5.24. The zero-order valence-corrected chi connectivity index (χ0v) is 17.6. The Kier molecular flexibility index (Phi) is 7.16. The van der Waals surface area contributed by atoms with Crippen molar-refractivity contribution in [3.8, 4) is 11.5 Å². The van der Waals surface area contributed by atoms with Gasteiger partial charge in [-0.2, -0.15) is 4.98 Å². The molecular weight excluding hydrogens is 386 g/mol. The standard InChI is InChI=1S/C21H29N5O4/c1-14-10-19(22-12-15-6-8-26(9-7-15)21(27)28)25-20(24-14)23-13-16-4-5-17(29-2)11-18(16)30-3/h4-5,10-11,15H,6-9,12-13H2,1-3H3,(H,27,28)(H2,22,23,24,25). The van der Waals surface area contributed by atoms with Crippen LogP contribution in [0.15, 0.2) is 24.3 Å². The number of rotatable bonds is 8. The third-order valence-electron chi connectivity index (χ3n) is 5.24. The van der Waals surface area contributed by atoms with Crippen molar-refractivity contribution >= 4 is 17.9 Å². The fraction of sp³-hybridized carbons (Fsp3) is 0.476. The number of ether oxygens (including phenoxy) is 2. The third kappa shape index (κ3) is 5.65. The highest BCUT2D eigenvalue weighted by Gasteiger charge is 2.22. The zero-order chi connectivity index (χ0) is 21.5. The van der Waals surface area contributed by atoms with Crippen LogP contribution in [0.5, 0.6) is 11.5 Å². The Balaban J connectivity index is 1.57. The van der Waals surface area contributed by atoms with Crippen molar-refractivity contribution in [1.29, 1.82) is 0 Å². The molecule has 2 aromatic rings. The van der Waals surface area contributed by atoms with Gasteiger partial charge < -0.3 is 30.1 Å². The van der Waals surface area contributed by atoms with E-state index < -0.39 is 6.09 Å². The number of aromatic nitrogens is 2. The van der Waals surface area contributed by atoms with Crippen LogP contribution in [-0.4, -0.2) is 59.9 Å². The molecule has 3 rings (SSSR count). The average molecular weight is 415 g/mol. The maximum Gasteiger partial charge on any atom is 0.407 e. The van der Waals surface area contributed by atoms with E-state index in [2.05, 4.69) is 20.6 Å². The number of benzene rings is 1. The second-order valence-corrected chi connectivity index (χ2v) is 7.34. The Morgan fingerprint density at radius 2 is 1.93 bits per heavy atom. The van der Waals surface area contributed by atoms with Gasteiger partial charge in [0.1, 0.15) is 17.3 Å². The topological polar surface area (TPSA) is 109 Å². The quantitative estimate of drug-likeness (QED) is 0.603. The Bertz CT molecular complexity index is 868. The number of nitrogens with one attached hydrogen (secondary N) is 2. The first-order valence-electron chi connectivity index (χ1n) is 10.0. The zero-order valence-electron chi connectivity index (χ0n) is 17.6. The fourth-order valence-electron chi connectivity index (χ4n) is 3.49. The Morgan fingerprint density at radius 3 is 2.60 bits per heavy atom. The number of anilines is 2. The van der Waals surface area contributed by atoms with E-state index in [0.29, 0.717) is 31.5 Å². The summed E-state index contributed by atoms with van der Waals surface area (Å²) in [5.41, 5.74) is 1.83. The van der Waals surface area contributed by atoms with Crippen molar-refractivity contribution in [1.82, 2.24) is 14.9 Å². The van der Waals surface area contributed by atoms with Gasteiger partial charge in [-0.25, -0.2) is 9.78 Å². The molecule has 0 saturated carbocycles. The highest BCUT2D eigenvalue weighted by molar-refractivity contribution is 5.65. The van der Waals surface area contributed by atoms with Crippen molar-refractivity contribution in [2.24, 2.45) is 5.92 Å². The molecule has 9 nitrogen and oxygen atoms in total. The van der Waals surface area contributed by atoms with Crippen molar-refractivity contribution in [2.75, 3.05) is 44.5 Å². The van der Waals surface area contributed by atoms with Gasteiger partial charge in [0.05, 0.1) is 14.2 Å². The molecule has 1 amide bonds. The minimum absolute atomic E-state index is 0.427. The molecule has 1 aliphatic rings. The highest BCUT2D eigenvalue weighted by atomic mass is 16.5. The molecule has 2 heterocycles. The molecule has 1 fully saturated rings. The van der Waals surface area contributed by atoms with Crippen LogP contribution < -0.4 is 20.1 Å². The monoisotopic (exact) mass is 415 g/mol. The molecule has 0 atom stereocenters. The molecule has 0 bridgehead atoms. The molecule has 1 aromatic heterocycles. The Morgan fingerprint density at radius 1 is 1.17 bits per heavy atom. The molecule has 0 radical (unpaired) electrons. The van der Waals surface area contributed by atoms with Gasteiger partial charge in [0, 0.05) is 49.6 Å². The van der Waals surface area contributed by atoms with E-state index >= 15 is 0 Å². The van der Waals surface area contributed by atoms with Gasteiger partial charge in [-0.3, -0.25) is 0 Å². The lowest BCUT2D eigenvalue weighted by atomic mass is 9.97. The molecule has 1 saturated heterocycles. The summed E-state index contributed by atoms with van der Waals surface area (Å²) in [5, 5.41) is 15.7. The number of carbonyl (C=O) groups is 1. The number of likely N-dealkylation sites (tertiary alicyclic amines) is 1. The van der Waals surface area contributed by atoms with Crippen LogP contribution in [0, 0.1) is 12.8 Å². The lowest BCUT2D eigenvalue weighted by molar-refractivity contribution is 0.126. The van der Waals surface area contributed by atoms with Crippen LogP contribution in [0.2, 0.25) is 0 Å². The van der Waals surface area contributed by atoms with Gasteiger partial charge in [0.15, 0.2) is 0 Å². The van der Waals surface area contributed by atoms with Crippen LogP contribution >= 0.6 is 0 Å². The molecular formula is C21H29N5O4. The maximum atomic E-state index is 11.0. The van der Waals surface area contributed by atoms with Crippen LogP contribution in [0.25, 0.3) is 0 Å². The number of hydrogen-bond donors (Lipinski definition) is 3. The van der Waals surface area contributed by atoms with Crippen molar-refractivity contribution in [2.45, 2.75) is 26.3 Å². The van der Waals surface area contributed by atoms with Crippen LogP contribution in [0.1, 0.15) is 24.1 Å². The van der Waals surface area contributed by atoms with Crippen LogP contribution in [0.4, 0.5) is 16.6 Å². The van der Waals surface area contributed by atoms with Gasteiger partial charge in [0.2, 0.25) is 5.95 Å². The molecule has 1 aliphatic heterocycles. The van der Waals surface area contributed by atoms with Gasteiger partial charge in [-0.15, -0.1) is 0 Å². The first kappa shape index (κ1) is 21.5. The van der Waals surface area contributed by atoms with Crippen molar-refractivity contribution in [3.63, 3.8) is 0 Å². The summed E-state index contributed by atoms with van der Waals surface area (Å²) >= 11 is 0. The number of hydrogen-bond acceptors (Lipinski definition) is 7. The fourth-order valence-corrected chi connectivity index (χ4v) is 3.49. The summed E-state index contributed by atoms with van der Waals surface area (Å²) < 4.78 is 10.7. The summed E-state index contributed by atoms with van der Waals surface area (Å²) in [6, 6.07) is 7.59. The molecule has 0 unspecified atom stereocenters. The van der Waals surface area contributed by atoms with Crippen LogP contribution in [-0.2, 0) is 6.54 Å². The highest BCUT2D eigenvalue weighted by Crippen LogP contribution is 2.25. The van der Waals surface area contributed by atoms with Gasteiger partial charge in [-0.05, 0) is 37.8 Å². The van der Waals surface area contributed by atoms with E-state index in [1.54, 1.807) is 14.2 Å². The SMILES string of the molecule is COc1ccc(CNc2nc(C)cc(NCC3CCN(C(=O)O)CC3)n2)c(OC)c1. The minimum atomic E-state index is -0.836. The first-order valence-corrected chi connectivity index (χ1v) is 10.0. The summed E-state index contributed by atoms with van der Waals surface area (Å²) in [7, 11) is 3.25. The number of methoxy groups -OCH3 is 2. The molecule has 1 aromatic carbocycles. The normalized spacial score (nSPS) is 14.3. The molecule has 0 spiro atoms. The lowest BCUT2D eigenvalue weighted by Gasteiger charge is -2.30. The smallest absolute Gasteiger partial charge is 0.407 e. The van der Waals surface area contributed by atoms with Crippen molar-refractivity contribution < 1.29 is 19.4 Å². The lowest BCUT2D eigenvalue weighted by Crippen LogP contribution is -2.39. The molecule has 162 valence electrons. The van der Waals surface area contributed by atoms with E-state index in [4.69, 9.17) is 14.6 Å². The number of piperidine rings is 1. The number of aryl methyl sites for hydroxylation is 1. The minimum Gasteiger partial charge on any atom is -0.497 e. The van der Waals surface area contributed by atoms with E-state index in [9.17, 15) is 4.79 Å². The van der Waals surface area contributed by atoms with E-state index in [1.165, 1.54) is 4.90 Å². The number of carboxylic acid groups (broad SMARTS) is 1. The van der Waals surface area contributed by atoms with Crippen molar-refractivity contribution in [3.05, 3.63) is 35.5 Å². The molecule has 0 aliphatic carbocycles. The first-order chi connectivity index (χ1) is 14.5. The van der Waals surface area contributed by atoms with Crippen LogP contribution in [0.3, 0.4) is 0 Å². The van der Waals surface area contributed by atoms with E-state index in [0.717, 1.165) is 48.0 Å². The Labute approximate surface area is 176 Å². The average Bonchev–Trinajstić information content (AvgIpc) is 2.76. The number of nitrogens with zero attached hydrogens (tertiary/aromatic N) is 3. The molecule has 30 heavy (non-hydrogen) atoms. The predicted octanol–water partition coefficient (Wildman–Crippen LogP) is 3.22. The van der Waals surface area contributed by atoms with Gasteiger partial charge in [-0.1, -0.05) is 0 Å².